The van der Waals surface area contributed by atoms with Crippen molar-refractivity contribution in [2.75, 3.05) is 38.9 Å². The first-order valence-electron chi connectivity index (χ1n) is 13.4. The van der Waals surface area contributed by atoms with Gasteiger partial charge in [0.1, 0.15) is 23.9 Å². The van der Waals surface area contributed by atoms with Crippen molar-refractivity contribution in [2.45, 2.75) is 32.7 Å². The van der Waals surface area contributed by atoms with Gasteiger partial charge >= 0.3 is 11.9 Å². The van der Waals surface area contributed by atoms with Gasteiger partial charge in [0.25, 0.3) is 5.78 Å². The molecular weight excluding hydrogens is 564 g/mol. The Balaban J connectivity index is 1.67. The van der Waals surface area contributed by atoms with Gasteiger partial charge in [-0.15, -0.1) is 0 Å². The van der Waals surface area contributed by atoms with Crippen LogP contribution >= 0.6 is 11.3 Å². The summed E-state index contributed by atoms with van der Waals surface area (Å²) < 4.78 is 27.6. The third-order valence-corrected chi connectivity index (χ3v) is 8.02. The van der Waals surface area contributed by atoms with Crippen LogP contribution in [-0.4, -0.2) is 61.8 Å². The van der Waals surface area contributed by atoms with E-state index in [4.69, 9.17) is 23.7 Å². The van der Waals surface area contributed by atoms with Gasteiger partial charge in [0.15, 0.2) is 28.1 Å². The number of esters is 1. The zero-order valence-corrected chi connectivity index (χ0v) is 24.4. The van der Waals surface area contributed by atoms with Crippen molar-refractivity contribution in [1.82, 2.24) is 4.98 Å². The molecule has 1 saturated heterocycles. The summed E-state index contributed by atoms with van der Waals surface area (Å²) in [5.41, 5.74) is 0.900. The molecule has 0 aliphatic carbocycles. The van der Waals surface area contributed by atoms with E-state index in [0.29, 0.717) is 54.1 Å². The molecule has 220 valence electrons. The molecule has 1 fully saturated rings. The first kappa shape index (κ1) is 28.9. The number of carbonyl (C=O) groups is 3. The predicted molar refractivity (Wildman–Crippen MR) is 154 cm³/mol. The molecule has 0 spiro atoms. The first-order chi connectivity index (χ1) is 20.3. The van der Waals surface area contributed by atoms with Gasteiger partial charge in [0, 0.05) is 5.56 Å². The van der Waals surface area contributed by atoms with Crippen molar-refractivity contribution in [3.8, 4) is 23.0 Å². The average Bonchev–Trinajstić information content (AvgIpc) is 3.52. The number of aliphatic hydroxyl groups is 1. The van der Waals surface area contributed by atoms with Crippen LogP contribution in [0.3, 0.4) is 0 Å². The Bertz CT molecular complexity index is 1580. The zero-order chi connectivity index (χ0) is 30.0. The number of methoxy groups -OCH3 is 2. The largest absolute Gasteiger partial charge is 0.507 e. The van der Waals surface area contributed by atoms with Crippen molar-refractivity contribution >= 4 is 39.9 Å². The topological polar surface area (TPSA) is 134 Å². The van der Waals surface area contributed by atoms with E-state index >= 15 is 0 Å². The van der Waals surface area contributed by atoms with Gasteiger partial charge in [-0.2, -0.15) is 0 Å². The van der Waals surface area contributed by atoms with Gasteiger partial charge in [0.2, 0.25) is 0 Å². The van der Waals surface area contributed by atoms with Crippen LogP contribution in [0.15, 0.2) is 42.0 Å². The lowest BCUT2D eigenvalue weighted by molar-refractivity contribution is -0.132. The Labute approximate surface area is 246 Å². The van der Waals surface area contributed by atoms with Gasteiger partial charge in [-0.25, -0.2) is 9.78 Å². The van der Waals surface area contributed by atoms with E-state index in [9.17, 15) is 19.5 Å². The number of nitrogens with zero attached hydrogens (tertiary/aromatic N) is 2. The molecule has 0 bridgehead atoms. The minimum absolute atomic E-state index is 0.100. The van der Waals surface area contributed by atoms with E-state index < -0.39 is 29.5 Å². The van der Waals surface area contributed by atoms with E-state index in [1.807, 2.05) is 0 Å². The maximum atomic E-state index is 13.6. The maximum absolute atomic E-state index is 13.6. The number of hydrogen-bond acceptors (Lipinski definition) is 11. The number of amides is 1. The average molecular weight is 595 g/mol. The van der Waals surface area contributed by atoms with Crippen LogP contribution in [0.4, 0.5) is 5.13 Å². The van der Waals surface area contributed by atoms with Gasteiger partial charge < -0.3 is 28.8 Å². The third-order valence-electron chi connectivity index (χ3n) is 6.88. The van der Waals surface area contributed by atoms with Gasteiger partial charge in [-0.1, -0.05) is 30.7 Å². The summed E-state index contributed by atoms with van der Waals surface area (Å²) in [7, 11) is 2.74. The zero-order valence-electron chi connectivity index (χ0n) is 23.6. The number of hydrogen-bond donors (Lipinski definition) is 1. The van der Waals surface area contributed by atoms with Gasteiger partial charge in [-0.3, -0.25) is 14.5 Å². The number of fused-ring (bicyclic) bond motifs is 1. The van der Waals surface area contributed by atoms with E-state index in [1.165, 1.54) is 19.1 Å². The third kappa shape index (κ3) is 5.25. The monoisotopic (exact) mass is 594 g/mol. The highest BCUT2D eigenvalue weighted by molar-refractivity contribution is 7.17. The van der Waals surface area contributed by atoms with E-state index in [1.54, 1.807) is 43.3 Å². The summed E-state index contributed by atoms with van der Waals surface area (Å²) in [5.74, 6) is -1.04. The lowest BCUT2D eigenvalue weighted by Gasteiger charge is -2.24. The number of benzene rings is 2. The minimum atomic E-state index is -1.10. The van der Waals surface area contributed by atoms with Crippen LogP contribution < -0.4 is 23.8 Å². The molecular formula is C30H30N2O9S. The minimum Gasteiger partial charge on any atom is -0.507 e. The SMILES string of the molecule is CCCCOc1ccc(C2C(=C(O)c3ccc4c(c3)OCCO4)C(=O)C(=O)N2c2nc(C)c(C(=O)OC)s2)cc1OC. The van der Waals surface area contributed by atoms with Gasteiger partial charge in [0.05, 0.1) is 38.1 Å². The van der Waals surface area contributed by atoms with E-state index in [-0.39, 0.29) is 21.1 Å². The molecule has 1 amide bonds. The fourth-order valence-electron chi connectivity index (χ4n) is 4.76. The van der Waals surface area contributed by atoms with Crippen LogP contribution in [0.1, 0.15) is 52.3 Å². The molecule has 2 aromatic carbocycles. The number of aryl methyl sites for hydroxylation is 1. The second kappa shape index (κ2) is 12.1. The Morgan fingerprint density at radius 1 is 1.10 bits per heavy atom. The molecule has 12 heteroatoms. The van der Waals surface area contributed by atoms with Crippen LogP contribution in [0, 0.1) is 6.92 Å². The molecule has 0 saturated carbocycles. The smallest absolute Gasteiger partial charge is 0.350 e. The number of thiazole rings is 1. The van der Waals surface area contributed by atoms with Crippen molar-refractivity contribution in [2.24, 2.45) is 0 Å². The molecule has 1 aromatic heterocycles. The highest BCUT2D eigenvalue weighted by atomic mass is 32.1. The number of aliphatic hydroxyl groups excluding tert-OH is 1. The first-order valence-corrected chi connectivity index (χ1v) is 14.2. The molecule has 1 atom stereocenters. The Kier molecular flexibility index (Phi) is 8.34. The highest BCUT2D eigenvalue weighted by Gasteiger charge is 2.48. The normalized spacial score (nSPS) is 17.3. The summed E-state index contributed by atoms with van der Waals surface area (Å²) >= 11 is 0.919. The molecule has 11 nitrogen and oxygen atoms in total. The summed E-state index contributed by atoms with van der Waals surface area (Å²) in [6, 6.07) is 8.72. The fourth-order valence-corrected chi connectivity index (χ4v) is 5.77. The Morgan fingerprint density at radius 3 is 2.57 bits per heavy atom. The molecule has 5 rings (SSSR count). The molecule has 2 aliphatic heterocycles. The van der Waals surface area contributed by atoms with Crippen molar-refractivity contribution < 1.29 is 43.2 Å². The summed E-state index contributed by atoms with van der Waals surface area (Å²) in [6.07, 6.45) is 1.81. The molecule has 42 heavy (non-hydrogen) atoms. The molecule has 1 N–H and O–H groups in total. The van der Waals surface area contributed by atoms with Crippen molar-refractivity contribution in [1.29, 1.82) is 0 Å². The standard InChI is InChI=1S/C30H30N2O9S/c1-5-6-11-39-19-9-7-17(14-21(19)37-3)24-23(25(33)18-8-10-20-22(15-18)41-13-12-40-20)26(34)28(35)32(24)30-31-16(2)27(42-30)29(36)38-4/h7-10,14-15,24,33H,5-6,11-13H2,1-4H3. The number of ether oxygens (including phenoxy) is 5. The summed E-state index contributed by atoms with van der Waals surface area (Å²) in [6.45, 7) is 4.88. The Hall–Kier alpha value is -4.58. The highest BCUT2D eigenvalue weighted by Crippen LogP contribution is 2.46. The maximum Gasteiger partial charge on any atom is 0.350 e. The number of rotatable bonds is 9. The van der Waals surface area contributed by atoms with Gasteiger partial charge in [-0.05, 0) is 49.2 Å². The van der Waals surface area contributed by atoms with E-state index in [0.717, 1.165) is 24.2 Å². The molecule has 1 unspecified atom stereocenters. The van der Waals surface area contributed by atoms with Crippen LogP contribution in [0.2, 0.25) is 0 Å². The lowest BCUT2D eigenvalue weighted by Crippen LogP contribution is -2.29. The van der Waals surface area contributed by atoms with Crippen LogP contribution in [-0.2, 0) is 14.3 Å². The second-order valence-electron chi connectivity index (χ2n) is 9.54. The number of Topliss-reactive ketones (excluding diaryl/α,β-unsaturated/α-hetero) is 1. The molecule has 3 aromatic rings. The lowest BCUT2D eigenvalue weighted by atomic mass is 9.95. The van der Waals surface area contributed by atoms with Crippen LogP contribution in [0.5, 0.6) is 23.0 Å². The van der Waals surface area contributed by atoms with Crippen molar-refractivity contribution in [3.05, 3.63) is 63.7 Å². The fraction of sp³-hybridized carbons (Fsp3) is 0.333. The Morgan fingerprint density at radius 2 is 1.86 bits per heavy atom. The molecule has 0 radical (unpaired) electrons. The number of anilines is 1. The predicted octanol–water partition coefficient (Wildman–Crippen LogP) is 4.82. The van der Waals surface area contributed by atoms with Crippen LogP contribution in [0.25, 0.3) is 5.76 Å². The summed E-state index contributed by atoms with van der Waals surface area (Å²) in [5, 5.41) is 11.7. The molecule has 2 aliphatic rings. The number of carbonyl (C=O) groups excluding carboxylic acids is 3. The molecule has 3 heterocycles. The number of unbranched alkanes of at least 4 members (excludes halogenated alkanes) is 1. The summed E-state index contributed by atoms with van der Waals surface area (Å²) in [4.78, 5) is 45.4. The number of aromatic nitrogens is 1. The van der Waals surface area contributed by atoms with E-state index in [2.05, 4.69) is 11.9 Å². The quantitative estimate of drug-likeness (QED) is 0.121. The number of ketones is 1. The van der Waals surface area contributed by atoms with Crippen molar-refractivity contribution in [3.63, 3.8) is 0 Å². The second-order valence-corrected chi connectivity index (χ2v) is 10.5.